The van der Waals surface area contributed by atoms with Gasteiger partial charge >= 0.3 is 5.97 Å². The topological polar surface area (TPSA) is 128 Å². The molecule has 4 rings (SSSR count). The lowest BCUT2D eigenvalue weighted by Crippen LogP contribution is -2.38. The third-order valence-electron chi connectivity index (χ3n) is 8.12. The van der Waals surface area contributed by atoms with Gasteiger partial charge in [0.1, 0.15) is 5.69 Å². The maximum atomic E-state index is 11.4. The summed E-state index contributed by atoms with van der Waals surface area (Å²) in [6, 6.07) is 11.1. The molecule has 12 nitrogen and oxygen atoms in total. The Morgan fingerprint density at radius 3 is 2.46 bits per heavy atom. The molecule has 0 radical (unpaired) electrons. The Kier molecular flexibility index (Phi) is 16.7. The Labute approximate surface area is 277 Å². The molecule has 0 aromatic carbocycles. The minimum absolute atomic E-state index is 0.0385. The maximum absolute atomic E-state index is 11.4. The summed E-state index contributed by atoms with van der Waals surface area (Å²) in [5, 5.41) is 11.7. The summed E-state index contributed by atoms with van der Waals surface area (Å²) < 4.78 is 30.6. The molecular weight excluding hydrogens is 610 g/mol. The number of rotatable bonds is 11. The summed E-state index contributed by atoms with van der Waals surface area (Å²) in [5.74, 6) is -1.03. The molecule has 1 unspecified atom stereocenters. The number of carboxylic acids is 1. The van der Waals surface area contributed by atoms with E-state index in [0.29, 0.717) is 91.3 Å². The third-order valence-corrected chi connectivity index (χ3v) is 8.25. The van der Waals surface area contributed by atoms with Gasteiger partial charge in [-0.1, -0.05) is 12.1 Å². The zero-order valence-corrected chi connectivity index (χ0v) is 27.4. The summed E-state index contributed by atoms with van der Waals surface area (Å²) in [7, 11) is 0. The molecule has 2 aromatic heterocycles. The van der Waals surface area contributed by atoms with Gasteiger partial charge in [0.25, 0.3) is 0 Å². The first-order valence-corrected chi connectivity index (χ1v) is 16.6. The zero-order chi connectivity index (χ0) is 32.2. The lowest BCUT2D eigenvalue weighted by Gasteiger charge is -2.32. The monoisotopic (exact) mass is 657 g/mol. The Bertz CT molecular complexity index is 1210. The van der Waals surface area contributed by atoms with Crippen LogP contribution in [-0.2, 0) is 30.2 Å². The second-order valence-electron chi connectivity index (χ2n) is 11.3. The first-order chi connectivity index (χ1) is 22.6. The van der Waals surface area contributed by atoms with Crippen molar-refractivity contribution in [3.8, 4) is 0 Å². The molecular formula is C33H47N5O7S. The predicted octanol–water partition coefficient (Wildman–Crippen LogP) is 3.53. The largest absolute Gasteiger partial charge is 0.477 e. The van der Waals surface area contributed by atoms with Crippen LogP contribution in [0.4, 0.5) is 0 Å². The van der Waals surface area contributed by atoms with Crippen LogP contribution in [0, 0.1) is 0 Å². The van der Waals surface area contributed by atoms with Crippen molar-refractivity contribution >= 4 is 23.3 Å². The van der Waals surface area contributed by atoms with E-state index in [1.165, 1.54) is 6.07 Å². The van der Waals surface area contributed by atoms with Crippen molar-refractivity contribution in [2.45, 2.75) is 50.5 Å². The fraction of sp³-hybridized carbons (Fsp3) is 0.636. The third kappa shape index (κ3) is 12.8. The summed E-state index contributed by atoms with van der Waals surface area (Å²) in [5.41, 5.74) is 1.73. The van der Waals surface area contributed by atoms with Crippen LogP contribution in [0.2, 0.25) is 0 Å². The number of hydrogen-bond acceptors (Lipinski definition) is 12. The van der Waals surface area contributed by atoms with E-state index in [4.69, 9.17) is 23.7 Å². The van der Waals surface area contributed by atoms with Gasteiger partial charge in [0.15, 0.2) is 0 Å². The molecule has 13 heteroatoms. The van der Waals surface area contributed by atoms with Gasteiger partial charge in [-0.3, -0.25) is 14.8 Å². The van der Waals surface area contributed by atoms with Gasteiger partial charge in [-0.15, -0.1) is 0 Å². The molecule has 3 atom stereocenters. The number of isothiocyanates is 1. The quantitative estimate of drug-likeness (QED) is 0.216. The van der Waals surface area contributed by atoms with E-state index in [0.717, 1.165) is 37.9 Å². The van der Waals surface area contributed by atoms with E-state index in [1.807, 2.05) is 24.4 Å². The Balaban J connectivity index is 1.37. The number of carboxylic acid groups (broad SMARTS) is 1. The second kappa shape index (κ2) is 21.2. The average molecular weight is 658 g/mol. The van der Waals surface area contributed by atoms with Crippen molar-refractivity contribution < 1.29 is 33.6 Å². The first kappa shape index (κ1) is 36.1. The molecule has 0 amide bonds. The van der Waals surface area contributed by atoms with Crippen LogP contribution in [0.15, 0.2) is 47.6 Å². The normalized spacial score (nSPS) is 22.2. The van der Waals surface area contributed by atoms with Crippen LogP contribution in [0.25, 0.3) is 0 Å². The number of aromatic carboxylic acids is 1. The van der Waals surface area contributed by atoms with E-state index >= 15 is 0 Å². The van der Waals surface area contributed by atoms with Gasteiger partial charge in [-0.2, -0.15) is 0 Å². The molecule has 0 bridgehead atoms. The maximum Gasteiger partial charge on any atom is 0.354 e. The summed E-state index contributed by atoms with van der Waals surface area (Å²) in [6.07, 6.45) is 5.68. The standard InChI is InChI=1S/C33H47N5O7S/c39-33(40)29-7-3-5-27(36-29)25-37-13-19-42-23-24-43-20-15-38(16-22-45-32-9-4-8-31(32)44-21-14-37)30(28-6-1-2-11-35-28)10-17-41-18-12-34-26-46/h1-3,5-7,11,30-32H,4,8-10,12-25H2,(H,39,40)/t30?,31-,32+/m1/s1. The van der Waals surface area contributed by atoms with Crippen LogP contribution in [0.1, 0.15) is 53.6 Å². The number of pyridine rings is 2. The Morgan fingerprint density at radius 1 is 0.978 bits per heavy atom. The molecule has 1 aliphatic heterocycles. The van der Waals surface area contributed by atoms with E-state index in [9.17, 15) is 9.90 Å². The highest BCUT2D eigenvalue weighted by Gasteiger charge is 2.30. The molecule has 3 heterocycles. The lowest BCUT2D eigenvalue weighted by molar-refractivity contribution is -0.0692. The van der Waals surface area contributed by atoms with Crippen LogP contribution in [0.3, 0.4) is 0 Å². The zero-order valence-electron chi connectivity index (χ0n) is 26.5. The summed E-state index contributed by atoms with van der Waals surface area (Å²) in [4.78, 5) is 28.9. The van der Waals surface area contributed by atoms with E-state index in [-0.39, 0.29) is 23.9 Å². The molecule has 46 heavy (non-hydrogen) atoms. The summed E-state index contributed by atoms with van der Waals surface area (Å²) >= 11 is 4.65. The van der Waals surface area contributed by atoms with Crippen molar-refractivity contribution in [3.05, 3.63) is 59.7 Å². The van der Waals surface area contributed by atoms with Crippen molar-refractivity contribution in [2.24, 2.45) is 4.99 Å². The van der Waals surface area contributed by atoms with Crippen LogP contribution in [0.5, 0.6) is 0 Å². The molecule has 252 valence electrons. The van der Waals surface area contributed by atoms with E-state index in [2.05, 4.69) is 48.2 Å². The number of thiocarbonyl (C=S) groups is 1. The fourth-order valence-corrected chi connectivity index (χ4v) is 5.87. The number of aliphatic imine (C=N–C) groups is 1. The molecule has 2 fully saturated rings. The lowest BCUT2D eigenvalue weighted by atomic mass is 10.1. The summed E-state index contributed by atoms with van der Waals surface area (Å²) in [6.45, 7) is 7.96. The minimum Gasteiger partial charge on any atom is -0.477 e. The number of aromatic nitrogens is 2. The van der Waals surface area contributed by atoms with Crippen LogP contribution < -0.4 is 0 Å². The first-order valence-electron chi connectivity index (χ1n) is 16.2. The molecule has 2 aliphatic rings. The van der Waals surface area contributed by atoms with Gasteiger partial charge in [-0.25, -0.2) is 14.8 Å². The molecule has 2 aromatic rings. The van der Waals surface area contributed by atoms with Crippen molar-refractivity contribution in [3.63, 3.8) is 0 Å². The predicted molar refractivity (Wildman–Crippen MR) is 175 cm³/mol. The van der Waals surface area contributed by atoms with Crippen LogP contribution in [-0.4, -0.2) is 134 Å². The van der Waals surface area contributed by atoms with Gasteiger partial charge in [-0.05, 0) is 62.2 Å². The minimum atomic E-state index is -1.03. The van der Waals surface area contributed by atoms with Gasteiger partial charge < -0.3 is 28.8 Å². The number of hydrogen-bond donors (Lipinski definition) is 1. The SMILES string of the molecule is O=C(O)c1cccc(CN2CCOCCOCCN(C(CCOCCN=C=S)c3ccccn3)CCO[C@H]3CCC[C@H]3OCC2)n1. The number of carbonyl (C=O) groups is 1. The van der Waals surface area contributed by atoms with E-state index < -0.39 is 5.97 Å². The number of nitrogens with zero attached hydrogens (tertiary/aromatic N) is 5. The van der Waals surface area contributed by atoms with Crippen molar-refractivity contribution in [2.75, 3.05) is 85.6 Å². The Hall–Kier alpha value is -2.71. The van der Waals surface area contributed by atoms with Crippen molar-refractivity contribution in [1.82, 2.24) is 19.8 Å². The van der Waals surface area contributed by atoms with Gasteiger partial charge in [0.2, 0.25) is 0 Å². The highest BCUT2D eigenvalue weighted by atomic mass is 32.1. The average Bonchev–Trinajstić information content (AvgIpc) is 3.52. The number of ether oxygens (including phenoxy) is 5. The van der Waals surface area contributed by atoms with Crippen LogP contribution >= 0.6 is 12.2 Å². The van der Waals surface area contributed by atoms with Crippen molar-refractivity contribution in [1.29, 1.82) is 0 Å². The highest BCUT2D eigenvalue weighted by Crippen LogP contribution is 2.26. The molecule has 1 saturated heterocycles. The smallest absolute Gasteiger partial charge is 0.354 e. The molecule has 1 aliphatic carbocycles. The molecule has 1 saturated carbocycles. The molecule has 0 spiro atoms. The second-order valence-corrected chi connectivity index (χ2v) is 11.4. The molecule has 1 N–H and O–H groups in total. The fourth-order valence-electron chi connectivity index (χ4n) is 5.78. The highest BCUT2D eigenvalue weighted by molar-refractivity contribution is 7.78. The van der Waals surface area contributed by atoms with E-state index in [1.54, 1.807) is 6.07 Å². The van der Waals surface area contributed by atoms with Gasteiger partial charge in [0.05, 0.1) is 87.6 Å². The van der Waals surface area contributed by atoms with Gasteiger partial charge in [0, 0.05) is 45.5 Å². The Morgan fingerprint density at radius 2 is 1.72 bits per heavy atom. The number of fused-ring (bicyclic) bond motifs is 1.